The number of aryl methyl sites for hydroxylation is 1. The summed E-state index contributed by atoms with van der Waals surface area (Å²) in [5.74, 6) is 0.628. The van der Waals surface area contributed by atoms with Crippen molar-refractivity contribution in [2.45, 2.75) is 39.5 Å². The van der Waals surface area contributed by atoms with E-state index in [2.05, 4.69) is 31.6 Å². The number of ether oxygens (including phenoxy) is 4. The van der Waals surface area contributed by atoms with E-state index >= 15 is 0 Å². The minimum atomic E-state index is -0.736. The van der Waals surface area contributed by atoms with E-state index in [1.807, 2.05) is 12.1 Å². The van der Waals surface area contributed by atoms with Crippen LogP contribution >= 0.6 is 0 Å². The summed E-state index contributed by atoms with van der Waals surface area (Å²) in [7, 11) is 2.64. The van der Waals surface area contributed by atoms with Gasteiger partial charge in [0.15, 0.2) is 11.5 Å². The highest BCUT2D eigenvalue weighted by Crippen LogP contribution is 2.29. The van der Waals surface area contributed by atoms with Crippen LogP contribution in [0.25, 0.3) is 6.08 Å². The number of hydrogen-bond donors (Lipinski definition) is 0. The molecule has 0 saturated carbocycles. The molecular weight excluding hydrogens is 422 g/mol. The van der Waals surface area contributed by atoms with Gasteiger partial charge < -0.3 is 18.9 Å². The monoisotopic (exact) mass is 451 g/mol. The normalized spacial score (nSPS) is 11.0. The molecule has 7 nitrogen and oxygen atoms in total. The largest absolute Gasteiger partial charge is 0.494 e. The third kappa shape index (κ3) is 7.39. The molecule has 174 valence electrons. The van der Waals surface area contributed by atoms with Gasteiger partial charge in [0.1, 0.15) is 17.4 Å². The number of esters is 2. The molecule has 0 aromatic heterocycles. The lowest BCUT2D eigenvalue weighted by atomic mass is 9.98. The van der Waals surface area contributed by atoms with Crippen molar-refractivity contribution in [3.05, 3.63) is 58.7 Å². The fourth-order valence-corrected chi connectivity index (χ4v) is 3.24. The van der Waals surface area contributed by atoms with Crippen LogP contribution in [0.1, 0.15) is 49.3 Å². The van der Waals surface area contributed by atoms with Gasteiger partial charge >= 0.3 is 11.9 Å². The molecule has 0 radical (unpaired) electrons. The molecule has 0 unspecified atom stereocenters. The molecule has 0 heterocycles. The fourth-order valence-electron chi connectivity index (χ4n) is 3.24. The van der Waals surface area contributed by atoms with Gasteiger partial charge in [-0.3, -0.25) is 4.79 Å². The molecule has 0 atom stereocenters. The van der Waals surface area contributed by atoms with Crippen molar-refractivity contribution in [2.24, 2.45) is 0 Å². The number of rotatable bonds is 10. The van der Waals surface area contributed by atoms with Crippen molar-refractivity contribution in [2.75, 3.05) is 20.8 Å². The third-order valence-electron chi connectivity index (χ3n) is 4.91. The van der Waals surface area contributed by atoms with E-state index in [0.717, 1.165) is 5.75 Å². The fraction of sp³-hybridized carbons (Fsp3) is 0.346. The first kappa shape index (κ1) is 25.5. The van der Waals surface area contributed by atoms with Crippen molar-refractivity contribution >= 4 is 18.0 Å². The first-order valence-electron chi connectivity index (χ1n) is 10.6. The Labute approximate surface area is 194 Å². The number of methoxy groups -OCH3 is 2. The molecule has 2 aromatic carbocycles. The molecule has 0 saturated heterocycles. The predicted molar refractivity (Wildman–Crippen MR) is 124 cm³/mol. The number of nitriles is 1. The van der Waals surface area contributed by atoms with Gasteiger partial charge in [0.25, 0.3) is 0 Å². The second-order valence-electron chi connectivity index (χ2n) is 7.67. The summed E-state index contributed by atoms with van der Waals surface area (Å²) >= 11 is 0. The van der Waals surface area contributed by atoms with Crippen LogP contribution in [0, 0.1) is 18.3 Å². The maximum absolute atomic E-state index is 12.3. The number of hydrogen-bond acceptors (Lipinski definition) is 7. The quantitative estimate of drug-likeness (QED) is 0.165. The van der Waals surface area contributed by atoms with Gasteiger partial charge in [0.2, 0.25) is 0 Å². The summed E-state index contributed by atoms with van der Waals surface area (Å²) in [6, 6.07) is 12.5. The van der Waals surface area contributed by atoms with Crippen LogP contribution in [-0.4, -0.2) is 32.8 Å². The molecule has 7 heteroatoms. The first-order chi connectivity index (χ1) is 15.8. The van der Waals surface area contributed by atoms with E-state index in [1.165, 1.54) is 31.4 Å². The number of carbonyl (C=O) groups is 2. The molecule has 0 aliphatic rings. The summed E-state index contributed by atoms with van der Waals surface area (Å²) in [4.78, 5) is 23.8. The summed E-state index contributed by atoms with van der Waals surface area (Å²) in [6.45, 7) is 6.75. The Morgan fingerprint density at radius 1 is 1.09 bits per heavy atom. The van der Waals surface area contributed by atoms with Crippen molar-refractivity contribution < 1.29 is 28.5 Å². The second-order valence-corrected chi connectivity index (χ2v) is 7.67. The predicted octanol–water partition coefficient (Wildman–Crippen LogP) is 4.97. The summed E-state index contributed by atoms with van der Waals surface area (Å²) in [5, 5.41) is 9.08. The zero-order chi connectivity index (χ0) is 24.4. The van der Waals surface area contributed by atoms with Crippen molar-refractivity contribution in [1.29, 1.82) is 5.26 Å². The molecule has 0 bridgehead atoms. The Morgan fingerprint density at radius 2 is 1.85 bits per heavy atom. The van der Waals surface area contributed by atoms with Crippen LogP contribution in [0.15, 0.2) is 42.0 Å². The van der Waals surface area contributed by atoms with Gasteiger partial charge in [-0.25, -0.2) is 4.79 Å². The Morgan fingerprint density at radius 3 is 2.45 bits per heavy atom. The number of carbonyl (C=O) groups excluding carboxylic acids is 2. The molecular formula is C26H29NO6. The van der Waals surface area contributed by atoms with Gasteiger partial charge in [0, 0.05) is 6.42 Å². The lowest BCUT2D eigenvalue weighted by molar-refractivity contribution is -0.136. The van der Waals surface area contributed by atoms with E-state index in [-0.39, 0.29) is 17.7 Å². The maximum atomic E-state index is 12.3. The minimum absolute atomic E-state index is 0.154. The Kier molecular flexibility index (Phi) is 9.49. The Bertz CT molecular complexity index is 1060. The van der Waals surface area contributed by atoms with Crippen molar-refractivity contribution in [1.82, 2.24) is 0 Å². The van der Waals surface area contributed by atoms with E-state index in [1.54, 1.807) is 24.3 Å². The molecule has 0 spiro atoms. The molecule has 2 aromatic rings. The van der Waals surface area contributed by atoms with Gasteiger partial charge in [-0.05, 0) is 66.3 Å². The zero-order valence-electron chi connectivity index (χ0n) is 19.6. The van der Waals surface area contributed by atoms with Gasteiger partial charge in [0.05, 0.1) is 20.8 Å². The SMILES string of the molecule is COC(=O)/C(C#N)=C/c1ccc(OC(=O)CCCOc2ccc(C(C)C)c(C)c2)c(OC)c1. The molecule has 0 N–H and O–H groups in total. The first-order valence-corrected chi connectivity index (χ1v) is 10.6. The standard InChI is InChI=1S/C26H29NO6/c1-17(2)22-10-9-21(13-18(22)3)32-12-6-7-25(28)33-23-11-8-19(15-24(23)30-4)14-20(16-27)26(29)31-5/h8-11,13-15,17H,6-7,12H2,1-5H3/b20-14+. The molecule has 0 aliphatic carbocycles. The highest BCUT2D eigenvalue weighted by molar-refractivity contribution is 5.97. The number of benzene rings is 2. The summed E-state index contributed by atoms with van der Waals surface area (Å²) in [6.07, 6.45) is 2.04. The van der Waals surface area contributed by atoms with Crippen LogP contribution in [0.3, 0.4) is 0 Å². The van der Waals surface area contributed by atoms with Crippen LogP contribution in [0.2, 0.25) is 0 Å². The van der Waals surface area contributed by atoms with Crippen molar-refractivity contribution in [3.63, 3.8) is 0 Å². The topological polar surface area (TPSA) is 94.9 Å². The van der Waals surface area contributed by atoms with Gasteiger partial charge in [-0.15, -0.1) is 0 Å². The third-order valence-corrected chi connectivity index (χ3v) is 4.91. The van der Waals surface area contributed by atoms with Crippen LogP contribution in [0.4, 0.5) is 0 Å². The van der Waals surface area contributed by atoms with Crippen molar-refractivity contribution in [3.8, 4) is 23.3 Å². The lowest BCUT2D eigenvalue weighted by Gasteiger charge is -2.13. The number of nitrogens with zero attached hydrogens (tertiary/aromatic N) is 1. The van der Waals surface area contributed by atoms with E-state index in [0.29, 0.717) is 30.3 Å². The molecule has 0 aliphatic heterocycles. The average molecular weight is 452 g/mol. The van der Waals surface area contributed by atoms with Gasteiger partial charge in [-0.1, -0.05) is 26.0 Å². The highest BCUT2D eigenvalue weighted by atomic mass is 16.6. The maximum Gasteiger partial charge on any atom is 0.348 e. The lowest BCUT2D eigenvalue weighted by Crippen LogP contribution is -2.10. The second kappa shape index (κ2) is 12.3. The smallest absolute Gasteiger partial charge is 0.348 e. The average Bonchev–Trinajstić information content (AvgIpc) is 2.80. The molecule has 0 fully saturated rings. The van der Waals surface area contributed by atoms with Crippen LogP contribution in [0.5, 0.6) is 17.2 Å². The van der Waals surface area contributed by atoms with Gasteiger partial charge in [-0.2, -0.15) is 5.26 Å². The molecule has 2 rings (SSSR count). The Hall–Kier alpha value is -3.79. The zero-order valence-corrected chi connectivity index (χ0v) is 19.6. The highest BCUT2D eigenvalue weighted by Gasteiger charge is 2.13. The van der Waals surface area contributed by atoms with E-state index < -0.39 is 11.9 Å². The minimum Gasteiger partial charge on any atom is -0.494 e. The van der Waals surface area contributed by atoms with Crippen LogP contribution in [-0.2, 0) is 14.3 Å². The summed E-state index contributed by atoms with van der Waals surface area (Å²) < 4.78 is 21.0. The molecule has 0 amide bonds. The Balaban J connectivity index is 1.92. The summed E-state index contributed by atoms with van der Waals surface area (Å²) in [5.41, 5.74) is 2.84. The molecule has 33 heavy (non-hydrogen) atoms. The van der Waals surface area contributed by atoms with E-state index in [4.69, 9.17) is 19.5 Å². The van der Waals surface area contributed by atoms with Crippen LogP contribution < -0.4 is 14.2 Å². The van der Waals surface area contributed by atoms with E-state index in [9.17, 15) is 9.59 Å².